The molecule has 0 aliphatic carbocycles. The monoisotopic (exact) mass is 350 g/mol. The smallest absolute Gasteiger partial charge is 0.314 e. The van der Waals surface area contributed by atoms with E-state index in [1.54, 1.807) is 24.1 Å². The van der Waals surface area contributed by atoms with Gasteiger partial charge in [0.1, 0.15) is 0 Å². The lowest BCUT2D eigenvalue weighted by Gasteiger charge is -2.34. The molecular formula is C19H18N4O3. The largest absolute Gasteiger partial charge is 0.347 e. The zero-order valence-corrected chi connectivity index (χ0v) is 14.4. The maximum atomic E-state index is 12.3. The molecule has 3 rings (SSSR count). The molecule has 0 bridgehead atoms. The van der Waals surface area contributed by atoms with E-state index in [-0.39, 0.29) is 11.6 Å². The topological polar surface area (TPSA) is 79.6 Å². The molecule has 1 aliphatic rings. The number of rotatable bonds is 2. The molecule has 1 aliphatic heterocycles. The van der Waals surface area contributed by atoms with Crippen molar-refractivity contribution in [2.45, 2.75) is 6.92 Å². The predicted octanol–water partition coefficient (Wildman–Crippen LogP) is 2.00. The van der Waals surface area contributed by atoms with Crippen LogP contribution in [0.15, 0.2) is 42.6 Å². The minimum absolute atomic E-state index is 0.0242. The summed E-state index contributed by atoms with van der Waals surface area (Å²) in [7, 11) is 0. The third-order valence-corrected chi connectivity index (χ3v) is 4.24. The number of amides is 1. The van der Waals surface area contributed by atoms with Gasteiger partial charge in [-0.05, 0) is 25.1 Å². The predicted molar refractivity (Wildman–Crippen MR) is 97.7 cm³/mol. The van der Waals surface area contributed by atoms with Crippen LogP contribution in [0.4, 0.5) is 11.5 Å². The number of hydrogen-bond acceptors (Lipinski definition) is 5. The van der Waals surface area contributed by atoms with E-state index >= 15 is 0 Å². The summed E-state index contributed by atoms with van der Waals surface area (Å²) in [5.41, 5.74) is 1.39. The first-order valence-electron chi connectivity index (χ1n) is 8.27. The van der Waals surface area contributed by atoms with Crippen molar-refractivity contribution in [1.82, 2.24) is 9.88 Å². The van der Waals surface area contributed by atoms with Crippen molar-refractivity contribution in [2.75, 3.05) is 31.1 Å². The molecule has 0 N–H and O–H groups in total. The number of benzene rings is 1. The van der Waals surface area contributed by atoms with Gasteiger partial charge in [-0.2, -0.15) is 0 Å². The summed E-state index contributed by atoms with van der Waals surface area (Å²) in [6, 6.07) is 11.0. The molecule has 0 radical (unpaired) electrons. The van der Waals surface area contributed by atoms with Gasteiger partial charge in [0.25, 0.3) is 5.91 Å². The van der Waals surface area contributed by atoms with E-state index in [9.17, 15) is 14.9 Å². The first-order valence-corrected chi connectivity index (χ1v) is 8.27. The van der Waals surface area contributed by atoms with E-state index in [0.717, 1.165) is 5.56 Å². The Balaban J connectivity index is 1.67. The number of anilines is 1. The van der Waals surface area contributed by atoms with Crippen molar-refractivity contribution in [1.29, 1.82) is 0 Å². The lowest BCUT2D eigenvalue weighted by Crippen LogP contribution is -2.48. The average Bonchev–Trinajstić information content (AvgIpc) is 2.66. The molecule has 0 spiro atoms. The second-order valence-electron chi connectivity index (χ2n) is 5.95. The number of hydrogen-bond donors (Lipinski definition) is 0. The number of piperazine rings is 1. The standard InChI is InChI=1S/C19H18N4O3/c1-15-9-10-20-19(18(15)23(25)26)22-13-11-21(12-14-22)17(24)8-7-16-5-3-2-4-6-16/h2-6,9-10H,11-14H2,1H3. The molecule has 1 aromatic carbocycles. The van der Waals surface area contributed by atoms with Crippen molar-refractivity contribution in [3.8, 4) is 11.8 Å². The Hall–Kier alpha value is -3.40. The maximum absolute atomic E-state index is 12.3. The Kier molecular flexibility index (Phi) is 5.13. The number of nitro groups is 1. The van der Waals surface area contributed by atoms with Gasteiger partial charge in [0.15, 0.2) is 0 Å². The van der Waals surface area contributed by atoms with E-state index in [1.165, 1.54) is 0 Å². The van der Waals surface area contributed by atoms with Crippen molar-refractivity contribution in [2.24, 2.45) is 0 Å². The minimum atomic E-state index is -0.402. The Labute approximate surface area is 151 Å². The van der Waals surface area contributed by atoms with Crippen LogP contribution in [0.5, 0.6) is 0 Å². The van der Waals surface area contributed by atoms with Crippen molar-refractivity contribution < 1.29 is 9.72 Å². The van der Waals surface area contributed by atoms with Crippen molar-refractivity contribution >= 4 is 17.4 Å². The minimum Gasteiger partial charge on any atom is -0.347 e. The second kappa shape index (κ2) is 7.66. The molecule has 0 saturated carbocycles. The first-order chi connectivity index (χ1) is 12.6. The van der Waals surface area contributed by atoms with Crippen LogP contribution in [0.3, 0.4) is 0 Å². The van der Waals surface area contributed by atoms with Gasteiger partial charge in [-0.15, -0.1) is 0 Å². The van der Waals surface area contributed by atoms with Gasteiger partial charge < -0.3 is 9.80 Å². The SMILES string of the molecule is Cc1ccnc(N2CCN(C(=O)C#Cc3ccccc3)CC2)c1[N+](=O)[O-]. The summed E-state index contributed by atoms with van der Waals surface area (Å²) >= 11 is 0. The fourth-order valence-corrected chi connectivity index (χ4v) is 2.84. The zero-order valence-electron chi connectivity index (χ0n) is 14.4. The third-order valence-electron chi connectivity index (χ3n) is 4.24. The summed E-state index contributed by atoms with van der Waals surface area (Å²) in [4.78, 5) is 30.9. The summed E-state index contributed by atoms with van der Waals surface area (Å²) in [6.45, 7) is 3.57. The van der Waals surface area contributed by atoms with Crippen LogP contribution in [-0.4, -0.2) is 46.9 Å². The van der Waals surface area contributed by atoms with Crippen LogP contribution < -0.4 is 4.90 Å². The van der Waals surface area contributed by atoms with E-state index in [0.29, 0.717) is 37.6 Å². The van der Waals surface area contributed by atoms with Crippen molar-refractivity contribution in [3.05, 3.63) is 63.8 Å². The molecule has 1 fully saturated rings. The van der Waals surface area contributed by atoms with Crippen LogP contribution in [0.25, 0.3) is 0 Å². The zero-order chi connectivity index (χ0) is 18.5. The molecule has 0 unspecified atom stereocenters. The molecule has 132 valence electrons. The van der Waals surface area contributed by atoms with Gasteiger partial charge in [0, 0.05) is 49.4 Å². The molecule has 2 aromatic rings. The van der Waals surface area contributed by atoms with Gasteiger partial charge in [0.05, 0.1) is 4.92 Å². The maximum Gasteiger partial charge on any atom is 0.314 e. The molecule has 7 heteroatoms. The molecule has 7 nitrogen and oxygen atoms in total. The number of pyridine rings is 1. The lowest BCUT2D eigenvalue weighted by atomic mass is 10.2. The molecule has 26 heavy (non-hydrogen) atoms. The highest BCUT2D eigenvalue weighted by Gasteiger charge is 2.27. The van der Waals surface area contributed by atoms with Crippen molar-refractivity contribution in [3.63, 3.8) is 0 Å². The lowest BCUT2D eigenvalue weighted by molar-refractivity contribution is -0.384. The summed E-state index contributed by atoms with van der Waals surface area (Å²) in [5, 5.41) is 11.3. The van der Waals surface area contributed by atoms with Crippen LogP contribution in [0.1, 0.15) is 11.1 Å². The van der Waals surface area contributed by atoms with Crippen LogP contribution in [0.2, 0.25) is 0 Å². The Bertz CT molecular complexity index is 879. The molecule has 0 atom stereocenters. The average molecular weight is 350 g/mol. The van der Waals surface area contributed by atoms with Crippen LogP contribution in [-0.2, 0) is 4.79 Å². The molecule has 1 saturated heterocycles. The van der Waals surface area contributed by atoms with Crippen LogP contribution in [0, 0.1) is 28.9 Å². The first kappa shape index (κ1) is 17.4. The Morgan fingerprint density at radius 1 is 1.15 bits per heavy atom. The van der Waals surface area contributed by atoms with E-state index in [4.69, 9.17) is 0 Å². The molecule has 1 aromatic heterocycles. The highest BCUT2D eigenvalue weighted by molar-refractivity contribution is 5.94. The quantitative estimate of drug-likeness (QED) is 0.470. The van der Waals surface area contributed by atoms with Gasteiger partial charge in [0.2, 0.25) is 5.82 Å². The fraction of sp³-hybridized carbons (Fsp3) is 0.263. The van der Waals surface area contributed by atoms with E-state index in [1.807, 2.05) is 35.2 Å². The van der Waals surface area contributed by atoms with Crippen LogP contribution >= 0.6 is 0 Å². The van der Waals surface area contributed by atoms with Gasteiger partial charge in [-0.1, -0.05) is 24.1 Å². The number of aromatic nitrogens is 1. The molecular weight excluding hydrogens is 332 g/mol. The Morgan fingerprint density at radius 3 is 2.50 bits per heavy atom. The number of aryl methyl sites for hydroxylation is 1. The number of carbonyl (C=O) groups excluding carboxylic acids is 1. The Morgan fingerprint density at radius 2 is 1.85 bits per heavy atom. The highest BCUT2D eigenvalue weighted by Crippen LogP contribution is 2.29. The summed E-state index contributed by atoms with van der Waals surface area (Å²) in [5.74, 6) is 5.64. The van der Waals surface area contributed by atoms with E-state index < -0.39 is 4.92 Å². The van der Waals surface area contributed by atoms with Gasteiger partial charge in [-0.25, -0.2) is 4.98 Å². The second-order valence-corrected chi connectivity index (χ2v) is 5.95. The molecule has 1 amide bonds. The molecule has 2 heterocycles. The third kappa shape index (κ3) is 3.81. The van der Waals surface area contributed by atoms with Gasteiger partial charge in [-0.3, -0.25) is 14.9 Å². The highest BCUT2D eigenvalue weighted by atomic mass is 16.6. The number of carbonyl (C=O) groups is 1. The summed E-state index contributed by atoms with van der Waals surface area (Å²) in [6.07, 6.45) is 1.57. The fourth-order valence-electron chi connectivity index (χ4n) is 2.84. The summed E-state index contributed by atoms with van der Waals surface area (Å²) < 4.78 is 0. The van der Waals surface area contributed by atoms with Gasteiger partial charge >= 0.3 is 5.69 Å². The normalized spacial score (nSPS) is 13.7. The number of nitrogens with zero attached hydrogens (tertiary/aromatic N) is 4. The van der Waals surface area contributed by atoms with E-state index in [2.05, 4.69) is 16.8 Å².